The number of rotatable bonds is 3. The van der Waals surface area contributed by atoms with E-state index in [-0.39, 0.29) is 41.8 Å². The summed E-state index contributed by atoms with van der Waals surface area (Å²) in [4.78, 5) is 13.0. The quantitative estimate of drug-likeness (QED) is 0.790. The van der Waals surface area contributed by atoms with Crippen LogP contribution in [0.3, 0.4) is 0 Å². The molecule has 1 aliphatic carbocycles. The number of hydrogen-bond donors (Lipinski definition) is 2. The second-order valence-electron chi connectivity index (χ2n) is 7.38. The molecule has 0 spiro atoms. The van der Waals surface area contributed by atoms with E-state index in [1.165, 1.54) is 0 Å². The molecule has 134 valence electrons. The Kier molecular flexibility index (Phi) is 5.70. The fourth-order valence-corrected chi connectivity index (χ4v) is 4.63. The maximum absolute atomic E-state index is 13.0. The highest BCUT2D eigenvalue weighted by molar-refractivity contribution is 9.10. The van der Waals surface area contributed by atoms with E-state index in [0.717, 1.165) is 29.5 Å². The molecule has 0 aromatic heterocycles. The molecule has 6 heteroatoms. The molecule has 0 bridgehead atoms. The zero-order chi connectivity index (χ0) is 16.8. The van der Waals surface area contributed by atoms with E-state index in [9.17, 15) is 4.79 Å². The normalized spacial score (nSPS) is 31.9. The molecule has 1 saturated heterocycles. The first kappa shape index (κ1) is 19.7. The molecule has 4 unspecified atom stereocenters. The van der Waals surface area contributed by atoms with Gasteiger partial charge in [-0.05, 0) is 37.5 Å². The molecule has 1 aromatic carbocycles. The number of nitrogens with one attached hydrogen (secondary N) is 1. The smallest absolute Gasteiger partial charge is 0.241 e. The Labute approximate surface area is 158 Å². The molecule has 1 heterocycles. The monoisotopic (exact) mass is 416 g/mol. The third kappa shape index (κ3) is 2.90. The number of halogens is 2. The summed E-state index contributed by atoms with van der Waals surface area (Å²) in [7, 11) is 0. The second kappa shape index (κ2) is 6.94. The first-order valence-corrected chi connectivity index (χ1v) is 9.04. The predicted octanol–water partition coefficient (Wildman–Crippen LogP) is 3.58. The number of amides is 1. The number of benzene rings is 1. The van der Waals surface area contributed by atoms with Crippen LogP contribution in [0.1, 0.15) is 45.2 Å². The molecule has 1 aliphatic heterocycles. The van der Waals surface area contributed by atoms with Crippen molar-refractivity contribution in [3.8, 4) is 0 Å². The molecule has 1 amide bonds. The Morgan fingerprint density at radius 2 is 2.17 bits per heavy atom. The maximum atomic E-state index is 13.0. The van der Waals surface area contributed by atoms with Crippen LogP contribution in [0.4, 0.5) is 0 Å². The summed E-state index contributed by atoms with van der Waals surface area (Å²) in [5.74, 6) is 0.0442. The lowest BCUT2D eigenvalue weighted by molar-refractivity contribution is -0.225. The van der Waals surface area contributed by atoms with E-state index in [4.69, 9.17) is 10.5 Å². The SMILES string of the molecule is CC(NC(=O)C1(N)C2CCCOC2C1(C)C)c1cccc(Br)c1.Cl. The lowest BCUT2D eigenvalue weighted by Gasteiger charge is -2.65. The molecule has 0 radical (unpaired) electrons. The van der Waals surface area contributed by atoms with E-state index in [1.807, 2.05) is 45.0 Å². The fourth-order valence-electron chi connectivity index (χ4n) is 4.21. The van der Waals surface area contributed by atoms with Crippen LogP contribution in [0.5, 0.6) is 0 Å². The summed E-state index contributed by atoms with van der Waals surface area (Å²) in [6.07, 6.45) is 2.03. The van der Waals surface area contributed by atoms with E-state index in [1.54, 1.807) is 0 Å². The van der Waals surface area contributed by atoms with Crippen molar-refractivity contribution in [2.24, 2.45) is 17.1 Å². The zero-order valence-corrected chi connectivity index (χ0v) is 16.7. The van der Waals surface area contributed by atoms with Crippen molar-refractivity contribution in [3.05, 3.63) is 34.3 Å². The van der Waals surface area contributed by atoms with Crippen LogP contribution < -0.4 is 11.1 Å². The molecule has 1 saturated carbocycles. The van der Waals surface area contributed by atoms with Gasteiger partial charge in [0.15, 0.2) is 0 Å². The van der Waals surface area contributed by atoms with Gasteiger partial charge in [0, 0.05) is 22.4 Å². The average molecular weight is 418 g/mol. The lowest BCUT2D eigenvalue weighted by atomic mass is 9.46. The minimum absolute atomic E-state index is 0. The molecular formula is C18H26BrClN2O2. The summed E-state index contributed by atoms with van der Waals surface area (Å²) in [6, 6.07) is 7.89. The van der Waals surface area contributed by atoms with Crippen LogP contribution in [0, 0.1) is 11.3 Å². The van der Waals surface area contributed by atoms with Crippen molar-refractivity contribution in [2.75, 3.05) is 6.61 Å². The second-order valence-corrected chi connectivity index (χ2v) is 8.30. The molecule has 24 heavy (non-hydrogen) atoms. The van der Waals surface area contributed by atoms with Crippen molar-refractivity contribution >= 4 is 34.2 Å². The molecule has 3 N–H and O–H groups in total. The van der Waals surface area contributed by atoms with E-state index in [2.05, 4.69) is 21.2 Å². The number of carbonyl (C=O) groups is 1. The van der Waals surface area contributed by atoms with Crippen molar-refractivity contribution in [2.45, 2.75) is 51.3 Å². The molecule has 1 aromatic rings. The summed E-state index contributed by atoms with van der Waals surface area (Å²) < 4.78 is 6.88. The summed E-state index contributed by atoms with van der Waals surface area (Å²) in [6.45, 7) is 6.85. The Hall–Kier alpha value is -0.620. The molecule has 2 fully saturated rings. The van der Waals surface area contributed by atoms with Crippen LogP contribution in [-0.4, -0.2) is 24.2 Å². The van der Waals surface area contributed by atoms with E-state index < -0.39 is 5.54 Å². The molecule has 4 nitrogen and oxygen atoms in total. The van der Waals surface area contributed by atoms with E-state index >= 15 is 0 Å². The highest BCUT2D eigenvalue weighted by Crippen LogP contribution is 2.57. The highest BCUT2D eigenvalue weighted by Gasteiger charge is 2.70. The van der Waals surface area contributed by atoms with Gasteiger partial charge in [-0.1, -0.05) is 41.9 Å². The first-order chi connectivity index (χ1) is 10.8. The third-order valence-corrected chi connectivity index (χ3v) is 6.25. The number of ether oxygens (including phenoxy) is 1. The molecule has 3 rings (SSSR count). The number of hydrogen-bond acceptors (Lipinski definition) is 3. The molecule has 2 aliphatic rings. The standard InChI is InChI=1S/C18H25BrN2O2.ClH/c1-11(12-6-4-7-13(19)10-12)21-16(22)18(20)14-8-5-9-23-15(14)17(18,2)3;/h4,6-7,10-11,14-15H,5,8-9,20H2,1-3H3,(H,21,22);1H. The van der Waals surface area contributed by atoms with Crippen LogP contribution in [-0.2, 0) is 9.53 Å². The van der Waals surface area contributed by atoms with Gasteiger partial charge in [0.05, 0.1) is 12.1 Å². The first-order valence-electron chi connectivity index (χ1n) is 8.25. The van der Waals surface area contributed by atoms with Gasteiger partial charge < -0.3 is 15.8 Å². The van der Waals surface area contributed by atoms with Gasteiger partial charge in [-0.25, -0.2) is 0 Å². The zero-order valence-electron chi connectivity index (χ0n) is 14.3. The summed E-state index contributed by atoms with van der Waals surface area (Å²) in [5.41, 5.74) is 6.48. The maximum Gasteiger partial charge on any atom is 0.241 e. The van der Waals surface area contributed by atoms with Crippen LogP contribution in [0.2, 0.25) is 0 Å². The van der Waals surface area contributed by atoms with Gasteiger partial charge in [0.1, 0.15) is 5.54 Å². The van der Waals surface area contributed by atoms with Gasteiger partial charge in [-0.15, -0.1) is 12.4 Å². The number of fused-ring (bicyclic) bond motifs is 1. The van der Waals surface area contributed by atoms with Gasteiger partial charge >= 0.3 is 0 Å². The average Bonchev–Trinajstić information content (AvgIpc) is 2.53. The molecular weight excluding hydrogens is 392 g/mol. The van der Waals surface area contributed by atoms with E-state index in [0.29, 0.717) is 0 Å². The topological polar surface area (TPSA) is 64.4 Å². The summed E-state index contributed by atoms with van der Waals surface area (Å²) in [5, 5.41) is 3.11. The number of carbonyl (C=O) groups excluding carboxylic acids is 1. The van der Waals surface area contributed by atoms with Crippen molar-refractivity contribution < 1.29 is 9.53 Å². The minimum Gasteiger partial charge on any atom is -0.377 e. The van der Waals surface area contributed by atoms with Gasteiger partial charge in [-0.3, -0.25) is 4.79 Å². The van der Waals surface area contributed by atoms with Crippen molar-refractivity contribution in [1.29, 1.82) is 0 Å². The predicted molar refractivity (Wildman–Crippen MR) is 101 cm³/mol. The summed E-state index contributed by atoms with van der Waals surface area (Å²) >= 11 is 3.47. The highest BCUT2D eigenvalue weighted by atomic mass is 79.9. The van der Waals surface area contributed by atoms with Gasteiger partial charge in [0.25, 0.3) is 0 Å². The Balaban J connectivity index is 0.00000208. The lowest BCUT2D eigenvalue weighted by Crippen LogP contribution is -2.82. The Morgan fingerprint density at radius 3 is 2.83 bits per heavy atom. The van der Waals surface area contributed by atoms with Crippen LogP contribution in [0.15, 0.2) is 28.7 Å². The van der Waals surface area contributed by atoms with Gasteiger partial charge in [-0.2, -0.15) is 0 Å². The van der Waals surface area contributed by atoms with Crippen molar-refractivity contribution in [3.63, 3.8) is 0 Å². The third-order valence-electron chi connectivity index (χ3n) is 5.76. The Bertz CT molecular complexity index is 625. The fraction of sp³-hybridized carbons (Fsp3) is 0.611. The largest absolute Gasteiger partial charge is 0.377 e. The molecule has 4 atom stereocenters. The van der Waals surface area contributed by atoms with Gasteiger partial charge in [0.2, 0.25) is 5.91 Å². The van der Waals surface area contributed by atoms with Crippen molar-refractivity contribution in [1.82, 2.24) is 5.32 Å². The van der Waals surface area contributed by atoms with Crippen LogP contribution >= 0.6 is 28.3 Å². The minimum atomic E-state index is -0.863. The van der Waals surface area contributed by atoms with Crippen LogP contribution in [0.25, 0.3) is 0 Å². The number of nitrogens with two attached hydrogens (primary N) is 1. The Morgan fingerprint density at radius 1 is 1.46 bits per heavy atom.